The Balaban J connectivity index is 1.28. The fourth-order valence-corrected chi connectivity index (χ4v) is 5.66. The molecule has 9 heteroatoms. The summed E-state index contributed by atoms with van der Waals surface area (Å²) in [4.78, 5) is 22.8. The molecule has 41 heavy (non-hydrogen) atoms. The van der Waals surface area contributed by atoms with Crippen molar-refractivity contribution >= 4 is 11.9 Å². The smallest absolute Gasteiger partial charge is 0.433 e. The van der Waals surface area contributed by atoms with Gasteiger partial charge in [0, 0.05) is 31.7 Å². The number of methoxy groups -OCH3 is 1. The number of carbonyl (C=O) groups is 1. The summed E-state index contributed by atoms with van der Waals surface area (Å²) >= 11 is 0. The molecule has 0 spiro atoms. The first-order valence-corrected chi connectivity index (χ1v) is 13.6. The number of anilines is 1. The highest BCUT2D eigenvalue weighted by Gasteiger charge is 2.43. The van der Waals surface area contributed by atoms with Crippen molar-refractivity contribution in [3.63, 3.8) is 0 Å². The molecule has 2 atom stereocenters. The highest BCUT2D eigenvalue weighted by Crippen LogP contribution is 2.47. The minimum atomic E-state index is -4.55. The second-order valence-corrected chi connectivity index (χ2v) is 10.4. The Kier molecular flexibility index (Phi) is 7.11. The second-order valence-electron chi connectivity index (χ2n) is 10.4. The van der Waals surface area contributed by atoms with Gasteiger partial charge in [0.1, 0.15) is 11.4 Å². The quantitative estimate of drug-likeness (QED) is 0.295. The number of alkyl halides is 3. The lowest BCUT2D eigenvalue weighted by Gasteiger charge is -2.32. The molecule has 1 saturated carbocycles. The third-order valence-corrected chi connectivity index (χ3v) is 7.91. The summed E-state index contributed by atoms with van der Waals surface area (Å²) in [5.41, 5.74) is 5.21. The van der Waals surface area contributed by atoms with Gasteiger partial charge < -0.3 is 15.0 Å². The van der Waals surface area contributed by atoms with Crippen LogP contribution in [0, 0.1) is 5.92 Å². The average molecular weight is 559 g/mol. The Morgan fingerprint density at radius 1 is 1.05 bits per heavy atom. The van der Waals surface area contributed by atoms with Crippen molar-refractivity contribution in [1.82, 2.24) is 15.3 Å². The van der Waals surface area contributed by atoms with Crippen LogP contribution in [-0.2, 0) is 30.5 Å². The largest absolute Gasteiger partial charge is 0.497 e. The lowest BCUT2D eigenvalue weighted by atomic mass is 9.87. The highest BCUT2D eigenvalue weighted by molar-refractivity contribution is 5.83. The van der Waals surface area contributed by atoms with E-state index in [2.05, 4.69) is 33.5 Å². The van der Waals surface area contributed by atoms with E-state index < -0.39 is 11.9 Å². The van der Waals surface area contributed by atoms with E-state index >= 15 is 0 Å². The molecule has 0 saturated heterocycles. The van der Waals surface area contributed by atoms with Crippen molar-refractivity contribution in [3.8, 4) is 16.9 Å². The van der Waals surface area contributed by atoms with Gasteiger partial charge in [-0.2, -0.15) is 13.2 Å². The lowest BCUT2D eigenvalue weighted by molar-refractivity contribution is -0.141. The zero-order chi connectivity index (χ0) is 28.6. The number of nitrogens with zero attached hydrogens (tertiary/aromatic N) is 3. The van der Waals surface area contributed by atoms with E-state index in [1.165, 1.54) is 5.56 Å². The molecule has 4 aromatic rings. The molecule has 6 nitrogen and oxygen atoms in total. The summed E-state index contributed by atoms with van der Waals surface area (Å²) < 4.78 is 45.5. The van der Waals surface area contributed by atoms with Crippen LogP contribution in [0.1, 0.15) is 40.3 Å². The molecular weight excluding hydrogens is 529 g/mol. The van der Waals surface area contributed by atoms with Crippen LogP contribution in [0.2, 0.25) is 0 Å². The fraction of sp³-hybridized carbons (Fsp3) is 0.281. The SMILES string of the molecule is COc1cccc(-c2ccc(CNC(=O)[C@H]3C[C@@H]3c3ccccc3)c3c2CCN(c2nccc(C(F)(F)F)n2)C3)c1. The molecule has 3 aromatic carbocycles. The summed E-state index contributed by atoms with van der Waals surface area (Å²) in [5.74, 6) is 0.961. The first-order valence-electron chi connectivity index (χ1n) is 13.6. The van der Waals surface area contributed by atoms with Crippen LogP contribution in [0.3, 0.4) is 0 Å². The molecule has 0 bridgehead atoms. The standard InChI is InChI=1S/C32H29F3N4O2/c1-41-23-9-5-8-21(16-23)24-11-10-22(18-37-30(40)27-17-26(27)20-6-3-2-4-7-20)28-19-39(15-13-25(24)28)31-36-14-12-29(38-31)32(33,34)35/h2-12,14,16,26-27H,13,15,17-19H2,1H3,(H,37,40)/t26-,27+/m1/s1. The van der Waals surface area contributed by atoms with Gasteiger partial charge in [-0.3, -0.25) is 4.79 Å². The normalized spacial score (nSPS) is 18.0. The molecule has 1 aliphatic carbocycles. The van der Waals surface area contributed by atoms with Crippen LogP contribution in [-0.4, -0.2) is 29.5 Å². The van der Waals surface area contributed by atoms with Gasteiger partial charge in [-0.05, 0) is 70.3 Å². The molecule has 1 amide bonds. The predicted octanol–water partition coefficient (Wildman–Crippen LogP) is 6.15. The molecule has 0 unspecified atom stereocenters. The van der Waals surface area contributed by atoms with Crippen LogP contribution < -0.4 is 15.0 Å². The maximum absolute atomic E-state index is 13.4. The van der Waals surface area contributed by atoms with Gasteiger partial charge in [-0.25, -0.2) is 9.97 Å². The molecule has 6 rings (SSSR count). The van der Waals surface area contributed by atoms with E-state index in [1.807, 2.05) is 48.5 Å². The Morgan fingerprint density at radius 2 is 1.88 bits per heavy atom. The number of carbonyl (C=O) groups excluding carboxylic acids is 1. The van der Waals surface area contributed by atoms with E-state index in [0.717, 1.165) is 52.3 Å². The van der Waals surface area contributed by atoms with Crippen LogP contribution >= 0.6 is 0 Å². The molecule has 210 valence electrons. The first kappa shape index (κ1) is 26.8. The molecule has 1 fully saturated rings. The third-order valence-electron chi connectivity index (χ3n) is 7.91. The summed E-state index contributed by atoms with van der Waals surface area (Å²) in [6.07, 6.45) is -2.00. The number of hydrogen-bond acceptors (Lipinski definition) is 5. The number of hydrogen-bond donors (Lipinski definition) is 1. The molecule has 1 aromatic heterocycles. The number of rotatable bonds is 7. The summed E-state index contributed by atoms with van der Waals surface area (Å²) in [6.45, 7) is 1.12. The fourth-order valence-electron chi connectivity index (χ4n) is 5.66. The zero-order valence-corrected chi connectivity index (χ0v) is 22.5. The minimum absolute atomic E-state index is 0.0124. The maximum atomic E-state index is 13.4. The number of aromatic nitrogens is 2. The molecule has 1 N–H and O–H groups in total. The van der Waals surface area contributed by atoms with Crippen LogP contribution in [0.4, 0.5) is 19.1 Å². The first-order chi connectivity index (χ1) is 19.8. The van der Waals surface area contributed by atoms with Gasteiger partial charge in [0.05, 0.1) is 7.11 Å². The van der Waals surface area contributed by atoms with Gasteiger partial charge in [0.15, 0.2) is 0 Å². The van der Waals surface area contributed by atoms with E-state index in [9.17, 15) is 18.0 Å². The van der Waals surface area contributed by atoms with Crippen molar-refractivity contribution < 1.29 is 22.7 Å². The minimum Gasteiger partial charge on any atom is -0.497 e. The van der Waals surface area contributed by atoms with Gasteiger partial charge >= 0.3 is 6.18 Å². The molecule has 2 heterocycles. The van der Waals surface area contributed by atoms with Crippen molar-refractivity contribution in [2.75, 3.05) is 18.6 Å². The topological polar surface area (TPSA) is 67.3 Å². The second kappa shape index (κ2) is 10.9. The van der Waals surface area contributed by atoms with Crippen molar-refractivity contribution in [3.05, 3.63) is 107 Å². The van der Waals surface area contributed by atoms with Gasteiger partial charge in [0.2, 0.25) is 11.9 Å². The van der Waals surface area contributed by atoms with Crippen molar-refractivity contribution in [2.24, 2.45) is 5.92 Å². The highest BCUT2D eigenvalue weighted by atomic mass is 19.4. The molecule has 1 aliphatic heterocycles. The number of ether oxygens (including phenoxy) is 1. The Bertz CT molecular complexity index is 1580. The van der Waals surface area contributed by atoms with Crippen LogP contribution in [0.15, 0.2) is 79.0 Å². The lowest BCUT2D eigenvalue weighted by Crippen LogP contribution is -2.34. The maximum Gasteiger partial charge on any atom is 0.433 e. The predicted molar refractivity (Wildman–Crippen MR) is 149 cm³/mol. The van der Waals surface area contributed by atoms with Crippen molar-refractivity contribution in [2.45, 2.75) is 38.0 Å². The average Bonchev–Trinajstić information content (AvgIpc) is 3.81. The van der Waals surface area contributed by atoms with Crippen molar-refractivity contribution in [1.29, 1.82) is 0 Å². The number of fused-ring (bicyclic) bond motifs is 1. The third kappa shape index (κ3) is 5.62. The van der Waals surface area contributed by atoms with E-state index in [4.69, 9.17) is 4.74 Å². The molecular formula is C32H29F3N4O2. The van der Waals surface area contributed by atoms with E-state index in [-0.39, 0.29) is 23.7 Å². The van der Waals surface area contributed by atoms with Gasteiger partial charge in [-0.15, -0.1) is 0 Å². The molecule has 0 radical (unpaired) electrons. The Labute approximate surface area is 236 Å². The summed E-state index contributed by atoms with van der Waals surface area (Å²) in [5, 5.41) is 3.11. The number of nitrogens with one attached hydrogen (secondary N) is 1. The summed E-state index contributed by atoms with van der Waals surface area (Å²) in [6, 6.07) is 22.8. The van der Waals surface area contributed by atoms with Gasteiger partial charge in [0.25, 0.3) is 0 Å². The number of benzene rings is 3. The number of halogens is 3. The zero-order valence-electron chi connectivity index (χ0n) is 22.5. The van der Waals surface area contributed by atoms with E-state index in [1.54, 1.807) is 12.0 Å². The summed E-state index contributed by atoms with van der Waals surface area (Å²) in [7, 11) is 1.62. The van der Waals surface area contributed by atoms with Crippen LogP contribution in [0.25, 0.3) is 11.1 Å². The Morgan fingerprint density at radius 3 is 2.66 bits per heavy atom. The van der Waals surface area contributed by atoms with Crippen LogP contribution in [0.5, 0.6) is 5.75 Å². The Hall–Kier alpha value is -4.40. The van der Waals surface area contributed by atoms with E-state index in [0.29, 0.717) is 26.1 Å². The van der Waals surface area contributed by atoms with Gasteiger partial charge in [-0.1, -0.05) is 54.6 Å². The monoisotopic (exact) mass is 558 g/mol. The number of amides is 1. The molecule has 2 aliphatic rings.